The third-order valence-corrected chi connectivity index (χ3v) is 4.71. The minimum atomic E-state index is 0.0472. The number of hydrogen-bond donors (Lipinski definition) is 0. The average Bonchev–Trinajstić information content (AvgIpc) is 3.29. The zero-order valence-corrected chi connectivity index (χ0v) is 15.3. The summed E-state index contributed by atoms with van der Waals surface area (Å²) in [5, 5.41) is 4.48. The third kappa shape index (κ3) is 3.34. The van der Waals surface area contributed by atoms with E-state index in [4.69, 9.17) is 19.0 Å². The molecule has 1 aliphatic heterocycles. The van der Waals surface area contributed by atoms with Crippen LogP contribution in [0.15, 0.2) is 47.6 Å². The molecule has 1 heterocycles. The SMILES string of the molecule is COc1ccc(/C(=N/OC(C)C)[C@H]2C[C@H]2c2ccc3c(c2)OCO3)cc1. The minimum absolute atomic E-state index is 0.0472. The van der Waals surface area contributed by atoms with Crippen LogP contribution in [0.3, 0.4) is 0 Å². The van der Waals surface area contributed by atoms with Crippen molar-refractivity contribution in [2.45, 2.75) is 32.3 Å². The first-order chi connectivity index (χ1) is 12.7. The van der Waals surface area contributed by atoms with Gasteiger partial charge in [-0.25, -0.2) is 0 Å². The van der Waals surface area contributed by atoms with Gasteiger partial charge in [0.1, 0.15) is 11.9 Å². The highest BCUT2D eigenvalue weighted by molar-refractivity contribution is 6.04. The minimum Gasteiger partial charge on any atom is -0.497 e. The molecule has 4 rings (SSSR count). The molecule has 0 amide bonds. The van der Waals surface area contributed by atoms with Gasteiger partial charge in [0.05, 0.1) is 12.8 Å². The van der Waals surface area contributed by atoms with E-state index in [0.717, 1.165) is 34.9 Å². The summed E-state index contributed by atoms with van der Waals surface area (Å²) in [6.45, 7) is 4.27. The summed E-state index contributed by atoms with van der Waals surface area (Å²) in [7, 11) is 1.67. The first-order valence-electron chi connectivity index (χ1n) is 8.93. The highest BCUT2D eigenvalue weighted by Crippen LogP contribution is 2.51. The number of rotatable bonds is 6. The van der Waals surface area contributed by atoms with Crippen LogP contribution in [0.5, 0.6) is 17.2 Å². The number of benzene rings is 2. The van der Waals surface area contributed by atoms with Crippen LogP contribution in [0.2, 0.25) is 0 Å². The number of oxime groups is 1. The van der Waals surface area contributed by atoms with Gasteiger partial charge in [-0.15, -0.1) is 0 Å². The molecule has 0 bridgehead atoms. The molecule has 0 unspecified atom stereocenters. The zero-order chi connectivity index (χ0) is 18.1. The largest absolute Gasteiger partial charge is 0.497 e. The van der Waals surface area contributed by atoms with Gasteiger partial charge in [0.25, 0.3) is 0 Å². The summed E-state index contributed by atoms with van der Waals surface area (Å²) in [6.07, 6.45) is 1.09. The Kier molecular flexibility index (Phi) is 4.45. The van der Waals surface area contributed by atoms with Gasteiger partial charge in [-0.3, -0.25) is 0 Å². The van der Waals surface area contributed by atoms with E-state index in [2.05, 4.69) is 17.3 Å². The zero-order valence-electron chi connectivity index (χ0n) is 15.3. The predicted octanol–water partition coefficient (Wildman–Crippen LogP) is 4.36. The van der Waals surface area contributed by atoms with Gasteiger partial charge in [-0.05, 0) is 73.7 Å². The number of fused-ring (bicyclic) bond motifs is 1. The number of nitrogens with zero attached hydrogens (tertiary/aromatic N) is 1. The van der Waals surface area contributed by atoms with E-state index in [-0.39, 0.29) is 6.10 Å². The quantitative estimate of drug-likeness (QED) is 0.572. The first kappa shape index (κ1) is 16.8. The van der Waals surface area contributed by atoms with Crippen molar-refractivity contribution in [2.24, 2.45) is 11.1 Å². The second-order valence-corrected chi connectivity index (χ2v) is 6.92. The Bertz CT molecular complexity index is 813. The Balaban J connectivity index is 1.58. The van der Waals surface area contributed by atoms with E-state index in [1.807, 2.05) is 44.2 Å². The molecular formula is C21H23NO4. The van der Waals surface area contributed by atoms with E-state index in [9.17, 15) is 0 Å². The average molecular weight is 353 g/mol. The lowest BCUT2D eigenvalue weighted by Crippen LogP contribution is -2.08. The topological polar surface area (TPSA) is 49.3 Å². The highest BCUT2D eigenvalue weighted by atomic mass is 16.7. The fourth-order valence-electron chi connectivity index (χ4n) is 3.27. The fourth-order valence-corrected chi connectivity index (χ4v) is 3.27. The maximum atomic E-state index is 5.59. The van der Waals surface area contributed by atoms with Crippen LogP contribution in [0, 0.1) is 5.92 Å². The van der Waals surface area contributed by atoms with Crippen LogP contribution in [0.25, 0.3) is 0 Å². The van der Waals surface area contributed by atoms with Crippen LogP contribution >= 0.6 is 0 Å². The molecule has 1 saturated carbocycles. The maximum absolute atomic E-state index is 5.59. The number of ether oxygens (including phenoxy) is 3. The Morgan fingerprint density at radius 1 is 1.08 bits per heavy atom. The Morgan fingerprint density at radius 2 is 1.85 bits per heavy atom. The van der Waals surface area contributed by atoms with Gasteiger partial charge in [0, 0.05) is 5.92 Å². The van der Waals surface area contributed by atoms with Gasteiger partial charge in [0.2, 0.25) is 6.79 Å². The molecule has 1 aliphatic carbocycles. The van der Waals surface area contributed by atoms with Gasteiger partial charge >= 0.3 is 0 Å². The molecule has 0 aromatic heterocycles. The summed E-state index contributed by atoms with van der Waals surface area (Å²) in [5.41, 5.74) is 3.31. The molecule has 5 heteroatoms. The maximum Gasteiger partial charge on any atom is 0.231 e. The van der Waals surface area contributed by atoms with Crippen molar-refractivity contribution in [3.05, 3.63) is 53.6 Å². The van der Waals surface area contributed by atoms with Crippen molar-refractivity contribution in [1.82, 2.24) is 0 Å². The van der Waals surface area contributed by atoms with Crippen molar-refractivity contribution < 1.29 is 19.0 Å². The second-order valence-electron chi connectivity index (χ2n) is 6.92. The van der Waals surface area contributed by atoms with Crippen molar-refractivity contribution in [3.63, 3.8) is 0 Å². The van der Waals surface area contributed by atoms with Crippen LogP contribution in [-0.4, -0.2) is 25.7 Å². The first-order valence-corrected chi connectivity index (χ1v) is 8.93. The van der Waals surface area contributed by atoms with Crippen LogP contribution in [0.4, 0.5) is 0 Å². The summed E-state index contributed by atoms with van der Waals surface area (Å²) in [6, 6.07) is 14.2. The van der Waals surface area contributed by atoms with Gasteiger partial charge in [-0.1, -0.05) is 11.2 Å². The molecule has 2 aromatic carbocycles. The summed E-state index contributed by atoms with van der Waals surface area (Å²) >= 11 is 0. The molecule has 5 nitrogen and oxygen atoms in total. The van der Waals surface area contributed by atoms with E-state index in [1.54, 1.807) is 7.11 Å². The van der Waals surface area contributed by atoms with Crippen molar-refractivity contribution in [1.29, 1.82) is 0 Å². The number of hydrogen-bond acceptors (Lipinski definition) is 5. The molecule has 1 fully saturated rings. The highest BCUT2D eigenvalue weighted by Gasteiger charge is 2.43. The summed E-state index contributed by atoms with van der Waals surface area (Å²) < 4.78 is 16.2. The normalized spacial score (nSPS) is 21.0. The van der Waals surface area contributed by atoms with Gasteiger partial charge in [0.15, 0.2) is 11.5 Å². The number of methoxy groups -OCH3 is 1. The van der Waals surface area contributed by atoms with E-state index >= 15 is 0 Å². The molecule has 2 aromatic rings. The Hall–Kier alpha value is -2.69. The molecule has 0 saturated heterocycles. The third-order valence-electron chi connectivity index (χ3n) is 4.71. The molecule has 26 heavy (non-hydrogen) atoms. The van der Waals surface area contributed by atoms with E-state index in [0.29, 0.717) is 18.6 Å². The monoisotopic (exact) mass is 353 g/mol. The van der Waals surface area contributed by atoms with Crippen molar-refractivity contribution in [2.75, 3.05) is 13.9 Å². The Morgan fingerprint density at radius 3 is 2.58 bits per heavy atom. The van der Waals surface area contributed by atoms with E-state index in [1.165, 1.54) is 5.56 Å². The van der Waals surface area contributed by atoms with Crippen molar-refractivity contribution in [3.8, 4) is 17.2 Å². The molecule has 0 spiro atoms. The van der Waals surface area contributed by atoms with Gasteiger partial charge in [-0.2, -0.15) is 0 Å². The Labute approximate surface area is 153 Å². The van der Waals surface area contributed by atoms with Crippen LogP contribution in [0.1, 0.15) is 37.3 Å². The molecule has 2 aliphatic rings. The van der Waals surface area contributed by atoms with Crippen LogP contribution in [-0.2, 0) is 4.84 Å². The van der Waals surface area contributed by atoms with E-state index < -0.39 is 0 Å². The summed E-state index contributed by atoms with van der Waals surface area (Å²) in [5.74, 6) is 3.23. The lowest BCUT2D eigenvalue weighted by Gasteiger charge is -2.10. The predicted molar refractivity (Wildman–Crippen MR) is 99.2 cm³/mol. The lowest BCUT2D eigenvalue weighted by molar-refractivity contribution is 0.0854. The fraction of sp³-hybridized carbons (Fsp3) is 0.381. The summed E-state index contributed by atoms with van der Waals surface area (Å²) in [4.78, 5) is 5.59. The molecule has 136 valence electrons. The lowest BCUT2D eigenvalue weighted by atomic mass is 10.0. The molecule has 0 N–H and O–H groups in total. The van der Waals surface area contributed by atoms with Crippen molar-refractivity contribution >= 4 is 5.71 Å². The standard InChI is InChI=1S/C21H23NO4/c1-13(2)26-22-21(14-4-7-16(23-3)8-5-14)18-11-17(18)15-6-9-19-20(10-15)25-12-24-19/h4-10,13,17-18H,11-12H2,1-3H3/b22-21-/t17-,18-/m0/s1. The second kappa shape index (κ2) is 6.90. The molecular weight excluding hydrogens is 330 g/mol. The van der Waals surface area contributed by atoms with Crippen LogP contribution < -0.4 is 14.2 Å². The van der Waals surface area contributed by atoms with Gasteiger partial charge < -0.3 is 19.0 Å². The molecule has 0 radical (unpaired) electrons. The smallest absolute Gasteiger partial charge is 0.231 e. The molecule has 2 atom stereocenters.